The van der Waals surface area contributed by atoms with Gasteiger partial charge < -0.3 is 9.47 Å². The Morgan fingerprint density at radius 1 is 0.938 bits per heavy atom. The van der Waals surface area contributed by atoms with E-state index in [1.54, 1.807) is 25.3 Å². The van der Waals surface area contributed by atoms with E-state index in [9.17, 15) is 9.59 Å². The Labute approximate surface area is 199 Å². The molecule has 5 nitrogen and oxygen atoms in total. The minimum Gasteiger partial charge on any atom is -0.493 e. The molecule has 7 heteroatoms. The number of nitrogens with zero attached hydrogens (tertiary/aromatic N) is 1. The fourth-order valence-corrected chi connectivity index (χ4v) is 4.52. The first-order valence-electron chi connectivity index (χ1n) is 9.88. The molecule has 2 amide bonds. The third-order valence-corrected chi connectivity index (χ3v) is 6.23. The zero-order valence-electron chi connectivity index (χ0n) is 17.3. The van der Waals surface area contributed by atoms with E-state index in [0.717, 1.165) is 32.9 Å². The van der Waals surface area contributed by atoms with Crippen molar-refractivity contribution in [3.8, 4) is 11.5 Å². The summed E-state index contributed by atoms with van der Waals surface area (Å²) in [7, 11) is 1.57. The summed E-state index contributed by atoms with van der Waals surface area (Å²) in [5.74, 6) is 0.864. The summed E-state index contributed by atoms with van der Waals surface area (Å²) in [6.07, 6.45) is 1.70. The van der Waals surface area contributed by atoms with Gasteiger partial charge in [0, 0.05) is 4.47 Å². The van der Waals surface area contributed by atoms with E-state index in [2.05, 4.69) is 15.9 Å². The van der Waals surface area contributed by atoms with Crippen molar-refractivity contribution in [2.45, 2.75) is 13.2 Å². The van der Waals surface area contributed by atoms with Crippen LogP contribution in [0.15, 0.2) is 82.2 Å². The average Bonchev–Trinajstić information content (AvgIpc) is 3.06. The van der Waals surface area contributed by atoms with Gasteiger partial charge in [-0.3, -0.25) is 14.5 Å². The van der Waals surface area contributed by atoms with Crippen molar-refractivity contribution in [2.75, 3.05) is 7.11 Å². The van der Waals surface area contributed by atoms with E-state index in [-0.39, 0.29) is 17.7 Å². The van der Waals surface area contributed by atoms with Gasteiger partial charge in [0.2, 0.25) is 0 Å². The minimum absolute atomic E-state index is 0.233. The highest BCUT2D eigenvalue weighted by Crippen LogP contribution is 2.35. The van der Waals surface area contributed by atoms with Crippen molar-refractivity contribution in [2.24, 2.45) is 0 Å². The van der Waals surface area contributed by atoms with E-state index in [4.69, 9.17) is 9.47 Å². The van der Waals surface area contributed by atoms with Crippen LogP contribution in [-0.4, -0.2) is 23.2 Å². The molecule has 1 fully saturated rings. The zero-order chi connectivity index (χ0) is 22.5. The van der Waals surface area contributed by atoms with Crippen molar-refractivity contribution in [1.82, 2.24) is 4.90 Å². The molecule has 0 aliphatic carbocycles. The lowest BCUT2D eigenvalue weighted by Gasteiger charge is -2.13. The van der Waals surface area contributed by atoms with Crippen LogP contribution in [0, 0.1) is 0 Å². The maximum atomic E-state index is 12.8. The number of ether oxygens (including phenoxy) is 2. The number of hydrogen-bond acceptors (Lipinski definition) is 5. The van der Waals surface area contributed by atoms with Gasteiger partial charge in [0.1, 0.15) is 6.61 Å². The molecule has 1 saturated heterocycles. The monoisotopic (exact) mass is 509 g/mol. The number of imide groups is 1. The van der Waals surface area contributed by atoms with Crippen LogP contribution in [0.4, 0.5) is 4.79 Å². The van der Waals surface area contributed by atoms with Crippen molar-refractivity contribution < 1.29 is 19.1 Å². The van der Waals surface area contributed by atoms with Gasteiger partial charge in [-0.15, -0.1) is 0 Å². The third-order valence-electron chi connectivity index (χ3n) is 4.83. The molecule has 0 N–H and O–H groups in total. The van der Waals surface area contributed by atoms with Crippen LogP contribution in [0.2, 0.25) is 0 Å². The maximum Gasteiger partial charge on any atom is 0.293 e. The van der Waals surface area contributed by atoms with Crippen molar-refractivity contribution in [1.29, 1.82) is 0 Å². The summed E-state index contributed by atoms with van der Waals surface area (Å²) >= 11 is 4.35. The summed E-state index contributed by atoms with van der Waals surface area (Å²) in [6, 6.07) is 22.9. The highest BCUT2D eigenvalue weighted by molar-refractivity contribution is 9.10. The van der Waals surface area contributed by atoms with Crippen LogP contribution in [0.5, 0.6) is 11.5 Å². The highest BCUT2D eigenvalue weighted by Gasteiger charge is 2.35. The van der Waals surface area contributed by atoms with Crippen LogP contribution < -0.4 is 9.47 Å². The minimum atomic E-state index is -0.302. The van der Waals surface area contributed by atoms with Gasteiger partial charge in [-0.2, -0.15) is 0 Å². The number of hydrogen-bond donors (Lipinski definition) is 0. The molecule has 0 aromatic heterocycles. The van der Waals surface area contributed by atoms with Gasteiger partial charge >= 0.3 is 0 Å². The fraction of sp³-hybridized carbons (Fsp3) is 0.120. The smallest absolute Gasteiger partial charge is 0.293 e. The Morgan fingerprint density at radius 2 is 1.72 bits per heavy atom. The maximum absolute atomic E-state index is 12.8. The Balaban J connectivity index is 1.49. The van der Waals surface area contributed by atoms with Crippen LogP contribution in [0.25, 0.3) is 6.08 Å². The lowest BCUT2D eigenvalue weighted by molar-refractivity contribution is -0.123. The van der Waals surface area contributed by atoms with Gasteiger partial charge in [-0.05, 0) is 58.8 Å². The second kappa shape index (κ2) is 10.1. The summed E-state index contributed by atoms with van der Waals surface area (Å²) in [4.78, 5) is 26.9. The number of amides is 2. The topological polar surface area (TPSA) is 55.8 Å². The van der Waals surface area contributed by atoms with Crippen LogP contribution in [0.3, 0.4) is 0 Å². The first kappa shape index (κ1) is 22.2. The lowest BCUT2D eigenvalue weighted by Crippen LogP contribution is -2.27. The van der Waals surface area contributed by atoms with Crippen LogP contribution in [-0.2, 0) is 17.9 Å². The molecule has 0 radical (unpaired) electrons. The molecular formula is C25H20BrNO4S. The molecule has 1 heterocycles. The summed E-state index contributed by atoms with van der Waals surface area (Å²) in [5, 5.41) is -0.281. The molecule has 0 saturated carbocycles. The molecule has 0 spiro atoms. The van der Waals surface area contributed by atoms with E-state index in [1.165, 1.54) is 4.90 Å². The SMILES string of the molecule is COc1cc(/C=C2/SC(=O)N(Cc3cccc(Br)c3)C2=O)ccc1OCc1ccccc1. The normalized spacial score (nSPS) is 14.8. The van der Waals surface area contributed by atoms with E-state index >= 15 is 0 Å². The number of rotatable bonds is 7. The number of carbonyl (C=O) groups excluding carboxylic acids is 2. The van der Waals surface area contributed by atoms with Crippen LogP contribution >= 0.6 is 27.7 Å². The zero-order valence-corrected chi connectivity index (χ0v) is 19.7. The van der Waals surface area contributed by atoms with E-state index in [0.29, 0.717) is 23.0 Å². The Hall–Kier alpha value is -3.03. The molecule has 3 aromatic carbocycles. The number of methoxy groups -OCH3 is 1. The summed E-state index contributed by atoms with van der Waals surface area (Å²) < 4.78 is 12.3. The Kier molecular flexibility index (Phi) is 6.97. The lowest BCUT2D eigenvalue weighted by atomic mass is 10.1. The molecule has 3 aromatic rings. The predicted molar refractivity (Wildman–Crippen MR) is 129 cm³/mol. The van der Waals surface area contributed by atoms with Gasteiger partial charge in [-0.25, -0.2) is 0 Å². The fourth-order valence-electron chi connectivity index (χ4n) is 3.23. The first-order chi connectivity index (χ1) is 15.5. The van der Waals surface area contributed by atoms with Crippen molar-refractivity contribution in [3.63, 3.8) is 0 Å². The summed E-state index contributed by atoms with van der Waals surface area (Å²) in [6.45, 7) is 0.655. The number of thioether (sulfide) groups is 1. The molecule has 4 rings (SSSR count). The molecule has 0 bridgehead atoms. The highest BCUT2D eigenvalue weighted by atomic mass is 79.9. The van der Waals surface area contributed by atoms with Gasteiger partial charge in [-0.1, -0.05) is 64.5 Å². The van der Waals surface area contributed by atoms with Crippen molar-refractivity contribution in [3.05, 3.63) is 98.9 Å². The average molecular weight is 510 g/mol. The quantitative estimate of drug-likeness (QED) is 0.351. The number of halogens is 1. The Morgan fingerprint density at radius 3 is 2.47 bits per heavy atom. The van der Waals surface area contributed by atoms with E-state index < -0.39 is 0 Å². The molecular weight excluding hydrogens is 490 g/mol. The second-order valence-corrected chi connectivity index (χ2v) is 8.99. The molecule has 0 unspecified atom stereocenters. The molecule has 1 aliphatic rings. The van der Waals surface area contributed by atoms with Crippen LogP contribution in [0.1, 0.15) is 16.7 Å². The van der Waals surface area contributed by atoms with Gasteiger partial charge in [0.25, 0.3) is 11.1 Å². The molecule has 162 valence electrons. The molecule has 0 atom stereocenters. The summed E-state index contributed by atoms with van der Waals surface area (Å²) in [5.41, 5.74) is 2.68. The Bertz CT molecular complexity index is 1180. The number of carbonyl (C=O) groups is 2. The first-order valence-corrected chi connectivity index (χ1v) is 11.5. The molecule has 1 aliphatic heterocycles. The van der Waals surface area contributed by atoms with E-state index in [1.807, 2.05) is 60.7 Å². The van der Waals surface area contributed by atoms with Gasteiger partial charge in [0.15, 0.2) is 11.5 Å². The van der Waals surface area contributed by atoms with Crippen molar-refractivity contribution >= 4 is 44.9 Å². The standard InChI is InChI=1S/C25H20BrNO4S/c1-30-22-13-18(10-11-21(22)31-16-17-6-3-2-4-7-17)14-23-24(28)27(25(29)32-23)15-19-8-5-9-20(26)12-19/h2-14H,15-16H2,1H3/b23-14+. The number of benzene rings is 3. The predicted octanol–water partition coefficient (Wildman–Crippen LogP) is 6.27. The second-order valence-electron chi connectivity index (χ2n) is 7.08. The molecule has 32 heavy (non-hydrogen) atoms. The van der Waals surface area contributed by atoms with Gasteiger partial charge in [0.05, 0.1) is 18.6 Å². The largest absolute Gasteiger partial charge is 0.493 e. The third kappa shape index (κ3) is 5.23.